The van der Waals surface area contributed by atoms with Crippen LogP contribution < -0.4 is 9.46 Å². The van der Waals surface area contributed by atoms with E-state index in [4.69, 9.17) is 4.74 Å². The van der Waals surface area contributed by atoms with Crippen molar-refractivity contribution in [2.75, 3.05) is 6.54 Å². The molecule has 2 aliphatic heterocycles. The summed E-state index contributed by atoms with van der Waals surface area (Å²) in [5.41, 5.74) is 0.445. The maximum absolute atomic E-state index is 14.5. The molecule has 260 valence electrons. The number of Topliss-reactive ketones (excluding diaryl/α,β-unsaturated/α-hetero) is 1. The fourth-order valence-corrected chi connectivity index (χ4v) is 9.63. The zero-order valence-corrected chi connectivity index (χ0v) is 29.2. The predicted molar refractivity (Wildman–Crippen MR) is 185 cm³/mol. The third-order valence-electron chi connectivity index (χ3n) is 10.9. The molecule has 49 heavy (non-hydrogen) atoms. The number of sulfonamides is 1. The van der Waals surface area contributed by atoms with Crippen molar-refractivity contribution >= 4 is 49.2 Å². The van der Waals surface area contributed by atoms with Gasteiger partial charge in [-0.25, -0.2) is 17.8 Å². The Morgan fingerprint density at radius 2 is 1.92 bits per heavy atom. The topological polar surface area (TPSA) is 123 Å². The van der Waals surface area contributed by atoms with Crippen molar-refractivity contribution in [1.29, 1.82) is 0 Å². The molecule has 0 unspecified atom stereocenters. The van der Waals surface area contributed by atoms with Gasteiger partial charge in [-0.1, -0.05) is 66.7 Å². The minimum Gasteiger partial charge on any atom is -0.465 e. The standard InChI is InChI=1S/C37H42FN3O6S2/c1-36(16-17-36)49(45,46)40-34(44)37-21-26(37)13-9-4-2-3-8-12-25(18-24-10-6-5-7-11-24)33(43)41-23-28(20-30(41)31(42)22-37)47-35-39-29-15-14-27(38)19-32(29)48-35/h5-7,9-11,13-15,19,25-26,28,30H,2-4,8,12,16-18,20-23H2,1H3,(H,40,44)/b13-9-/t25-,26+,28-,30+,37-/m1/s1. The second kappa shape index (κ2) is 13.2. The molecule has 3 fully saturated rings. The lowest BCUT2D eigenvalue weighted by Gasteiger charge is -2.29. The van der Waals surface area contributed by atoms with Gasteiger partial charge in [-0.05, 0) is 81.5 Å². The van der Waals surface area contributed by atoms with Gasteiger partial charge in [0, 0.05) is 18.8 Å². The molecule has 1 saturated heterocycles. The smallest absolute Gasteiger partial charge is 0.274 e. The van der Waals surface area contributed by atoms with Crippen molar-refractivity contribution in [1.82, 2.24) is 14.6 Å². The van der Waals surface area contributed by atoms with E-state index in [9.17, 15) is 27.2 Å². The average Bonchev–Trinajstić information content (AvgIpc) is 3.88. The molecule has 1 N–H and O–H groups in total. The SMILES string of the molecule is CC1(S(=O)(=O)NC(=O)[C@]23CC(=O)[C@@H]4C[C@@H](Oc5nc6ccc(F)cc6s5)CN4C(=O)[C@@H](Cc4ccccc4)CCCCC/C=C\[C@H]2C3)CC1. The molecule has 3 aromatic rings. The molecule has 0 radical (unpaired) electrons. The van der Waals surface area contributed by atoms with Crippen LogP contribution in [-0.4, -0.2) is 59.3 Å². The van der Waals surface area contributed by atoms with Crippen molar-refractivity contribution in [3.8, 4) is 5.19 Å². The fraction of sp³-hybridized carbons (Fsp3) is 0.514. The van der Waals surface area contributed by atoms with Crippen LogP contribution in [0.1, 0.15) is 76.7 Å². The second-order valence-electron chi connectivity index (χ2n) is 14.5. The highest BCUT2D eigenvalue weighted by Crippen LogP contribution is 2.57. The number of hydrogen-bond donors (Lipinski definition) is 1. The number of carbonyl (C=O) groups is 3. The summed E-state index contributed by atoms with van der Waals surface area (Å²) in [6, 6.07) is 13.3. The Balaban J connectivity index is 1.18. The first-order valence-electron chi connectivity index (χ1n) is 17.3. The summed E-state index contributed by atoms with van der Waals surface area (Å²) in [6.07, 6.45) is 9.58. The Bertz CT molecular complexity index is 1890. The quantitative estimate of drug-likeness (QED) is 0.294. The number of nitrogens with zero attached hydrogens (tertiary/aromatic N) is 2. The van der Waals surface area contributed by atoms with Gasteiger partial charge in [0.2, 0.25) is 21.8 Å². The van der Waals surface area contributed by atoms with Crippen LogP contribution in [0.4, 0.5) is 4.39 Å². The van der Waals surface area contributed by atoms with E-state index in [0.717, 1.165) is 31.2 Å². The van der Waals surface area contributed by atoms with Gasteiger partial charge < -0.3 is 9.64 Å². The number of allylic oxidation sites excluding steroid dienone is 2. The number of benzene rings is 2. The summed E-state index contributed by atoms with van der Waals surface area (Å²) in [6.45, 7) is 1.79. The van der Waals surface area contributed by atoms with Gasteiger partial charge in [0.15, 0.2) is 5.78 Å². The number of aromatic nitrogens is 1. The highest BCUT2D eigenvalue weighted by Gasteiger charge is 2.62. The van der Waals surface area contributed by atoms with Crippen LogP contribution in [0.3, 0.4) is 0 Å². The van der Waals surface area contributed by atoms with E-state index in [0.29, 0.717) is 47.5 Å². The summed E-state index contributed by atoms with van der Waals surface area (Å²) >= 11 is 1.21. The molecule has 5 atom stereocenters. The van der Waals surface area contributed by atoms with Gasteiger partial charge in [-0.3, -0.25) is 19.1 Å². The first-order chi connectivity index (χ1) is 23.5. The number of thiazole rings is 1. The zero-order valence-electron chi connectivity index (χ0n) is 27.6. The minimum atomic E-state index is -3.90. The van der Waals surface area contributed by atoms with E-state index >= 15 is 0 Å². The molecule has 2 aromatic carbocycles. The third-order valence-corrected chi connectivity index (χ3v) is 14.0. The van der Waals surface area contributed by atoms with Gasteiger partial charge in [0.25, 0.3) is 5.19 Å². The summed E-state index contributed by atoms with van der Waals surface area (Å²) in [5, 5.41) is 0.330. The number of ketones is 1. The lowest BCUT2D eigenvalue weighted by atomic mass is 9.90. The maximum atomic E-state index is 14.5. The molecule has 3 heterocycles. The molecule has 7 rings (SSSR count). The van der Waals surface area contributed by atoms with Crippen molar-refractivity contribution < 1.29 is 31.9 Å². The Hall–Kier alpha value is -3.64. The Kier molecular flexibility index (Phi) is 9.14. The molecule has 0 bridgehead atoms. The van der Waals surface area contributed by atoms with Gasteiger partial charge >= 0.3 is 0 Å². The maximum Gasteiger partial charge on any atom is 0.274 e. The molecule has 9 nitrogen and oxygen atoms in total. The minimum absolute atomic E-state index is 0.122. The number of rotatable bonds is 7. The number of amides is 2. The second-order valence-corrected chi connectivity index (χ2v) is 17.7. The normalized spacial score (nSPS) is 29.3. The Labute approximate surface area is 290 Å². The van der Waals surface area contributed by atoms with Crippen molar-refractivity contribution in [3.63, 3.8) is 0 Å². The van der Waals surface area contributed by atoms with E-state index in [-0.39, 0.29) is 48.7 Å². The lowest BCUT2D eigenvalue weighted by Crippen LogP contribution is -2.47. The highest BCUT2D eigenvalue weighted by atomic mass is 32.2. The molecule has 1 aromatic heterocycles. The molecule has 2 amide bonds. The molecule has 2 aliphatic carbocycles. The number of ether oxygens (including phenoxy) is 1. The summed E-state index contributed by atoms with van der Waals surface area (Å²) < 4.78 is 48.3. The molecule has 2 saturated carbocycles. The van der Waals surface area contributed by atoms with E-state index < -0.39 is 38.2 Å². The summed E-state index contributed by atoms with van der Waals surface area (Å²) in [5.74, 6) is -2.03. The first kappa shape index (κ1) is 33.8. The van der Waals surface area contributed by atoms with Crippen molar-refractivity contribution in [2.24, 2.45) is 17.3 Å². The van der Waals surface area contributed by atoms with Crippen molar-refractivity contribution in [3.05, 3.63) is 72.1 Å². The molecule has 12 heteroatoms. The van der Waals surface area contributed by atoms with Crippen LogP contribution in [0.5, 0.6) is 5.19 Å². The number of carbonyl (C=O) groups excluding carboxylic acids is 3. The average molecular weight is 708 g/mol. The number of halogens is 1. The molecular formula is C37H42FN3O6S2. The number of nitrogens with one attached hydrogen (secondary N) is 1. The Morgan fingerprint density at radius 1 is 1.12 bits per heavy atom. The Morgan fingerprint density at radius 3 is 2.69 bits per heavy atom. The van der Waals surface area contributed by atoms with Gasteiger partial charge in [-0.15, -0.1) is 0 Å². The molecule has 4 aliphatic rings. The number of hydrogen-bond acceptors (Lipinski definition) is 8. The van der Waals surface area contributed by atoms with Crippen LogP contribution in [0.25, 0.3) is 10.2 Å². The van der Waals surface area contributed by atoms with Crippen LogP contribution in [0, 0.1) is 23.1 Å². The molecule has 0 spiro atoms. The van der Waals surface area contributed by atoms with Gasteiger partial charge in [0.05, 0.1) is 33.0 Å². The summed E-state index contributed by atoms with van der Waals surface area (Å²) in [7, 11) is -3.90. The summed E-state index contributed by atoms with van der Waals surface area (Å²) in [4.78, 5) is 48.8. The van der Waals surface area contributed by atoms with Crippen molar-refractivity contribution in [2.45, 2.75) is 94.4 Å². The predicted octanol–water partition coefficient (Wildman–Crippen LogP) is 6.13. The molecular weight excluding hydrogens is 666 g/mol. The van der Waals surface area contributed by atoms with Gasteiger partial charge in [0.1, 0.15) is 11.9 Å². The zero-order chi connectivity index (χ0) is 34.4. The van der Waals surface area contributed by atoms with Crippen LogP contribution in [0.15, 0.2) is 60.7 Å². The van der Waals surface area contributed by atoms with Gasteiger partial charge in [-0.2, -0.15) is 0 Å². The third kappa shape index (κ3) is 7.04. The van der Waals surface area contributed by atoms with E-state index in [1.165, 1.54) is 23.5 Å². The lowest BCUT2D eigenvalue weighted by molar-refractivity contribution is -0.142. The van der Waals surface area contributed by atoms with E-state index in [2.05, 4.69) is 9.71 Å². The fourth-order valence-electron chi connectivity index (χ4n) is 7.39. The van der Waals surface area contributed by atoms with Crippen LogP contribution >= 0.6 is 11.3 Å². The van der Waals surface area contributed by atoms with E-state index in [1.807, 2.05) is 42.5 Å². The first-order valence-corrected chi connectivity index (χ1v) is 19.6. The highest BCUT2D eigenvalue weighted by molar-refractivity contribution is 7.91. The largest absolute Gasteiger partial charge is 0.465 e. The van der Waals surface area contributed by atoms with Crippen LogP contribution in [-0.2, 0) is 30.8 Å². The van der Waals surface area contributed by atoms with E-state index in [1.54, 1.807) is 17.9 Å². The number of fused-ring (bicyclic) bond motifs is 3. The van der Waals surface area contributed by atoms with Crippen LogP contribution in [0.2, 0.25) is 0 Å². The monoisotopic (exact) mass is 707 g/mol.